The quantitative estimate of drug-likeness (QED) is 0.639. The zero-order valence-corrected chi connectivity index (χ0v) is 14.2. The third-order valence-corrected chi connectivity index (χ3v) is 3.69. The van der Waals surface area contributed by atoms with Crippen molar-refractivity contribution in [1.82, 2.24) is 15.5 Å². The van der Waals surface area contributed by atoms with Crippen molar-refractivity contribution in [3.05, 3.63) is 35.4 Å². The molecule has 0 bridgehead atoms. The number of carbonyl (C=O) groups excluding carboxylic acids is 2. The Hall–Kier alpha value is -2.02. The Balaban J connectivity index is 2.21. The van der Waals surface area contributed by atoms with E-state index in [0.29, 0.717) is 19.0 Å². The third kappa shape index (κ3) is 7.04. The van der Waals surface area contributed by atoms with Crippen molar-refractivity contribution < 1.29 is 18.4 Å². The van der Waals surface area contributed by atoms with Gasteiger partial charge < -0.3 is 15.5 Å². The number of hydrogen-bond acceptors (Lipinski definition) is 3. The Morgan fingerprint density at radius 3 is 2.42 bits per heavy atom. The number of halogens is 2. The summed E-state index contributed by atoms with van der Waals surface area (Å²) in [5.74, 6) is -2.33. The molecule has 0 saturated carbocycles. The highest BCUT2D eigenvalue weighted by atomic mass is 19.1. The monoisotopic (exact) mass is 341 g/mol. The molecule has 0 heterocycles. The SMILES string of the molecule is CCN(CC)CCNC(=O)CCCNC(=O)c1ccc(F)cc1F. The maximum atomic E-state index is 13.4. The number of benzene rings is 1. The first-order valence-electron chi connectivity index (χ1n) is 8.20. The smallest absolute Gasteiger partial charge is 0.254 e. The van der Waals surface area contributed by atoms with Crippen molar-refractivity contribution in [3.63, 3.8) is 0 Å². The Morgan fingerprint density at radius 2 is 1.79 bits per heavy atom. The molecule has 2 N–H and O–H groups in total. The molecule has 0 saturated heterocycles. The van der Waals surface area contributed by atoms with Crippen molar-refractivity contribution in [2.75, 3.05) is 32.7 Å². The van der Waals surface area contributed by atoms with Crippen LogP contribution >= 0.6 is 0 Å². The zero-order chi connectivity index (χ0) is 17.9. The van der Waals surface area contributed by atoms with E-state index in [1.165, 1.54) is 0 Å². The Kier molecular flexibility index (Phi) is 8.93. The second kappa shape index (κ2) is 10.7. The topological polar surface area (TPSA) is 61.4 Å². The Labute approximate surface area is 141 Å². The average molecular weight is 341 g/mol. The van der Waals surface area contributed by atoms with Crippen LogP contribution in [0.2, 0.25) is 0 Å². The van der Waals surface area contributed by atoms with Crippen LogP contribution in [-0.2, 0) is 4.79 Å². The molecule has 24 heavy (non-hydrogen) atoms. The molecule has 0 atom stereocenters. The molecule has 0 aromatic heterocycles. The lowest BCUT2D eigenvalue weighted by Crippen LogP contribution is -2.35. The number of amides is 2. The van der Waals surface area contributed by atoms with E-state index in [1.807, 2.05) is 0 Å². The third-order valence-electron chi connectivity index (χ3n) is 3.69. The molecule has 0 aliphatic rings. The van der Waals surface area contributed by atoms with Crippen LogP contribution in [0.1, 0.15) is 37.0 Å². The summed E-state index contributed by atoms with van der Waals surface area (Å²) in [4.78, 5) is 25.6. The highest BCUT2D eigenvalue weighted by Crippen LogP contribution is 2.09. The maximum absolute atomic E-state index is 13.4. The molecule has 1 rings (SSSR count). The van der Waals surface area contributed by atoms with Gasteiger partial charge in [-0.1, -0.05) is 13.8 Å². The summed E-state index contributed by atoms with van der Waals surface area (Å²) in [5, 5.41) is 5.34. The van der Waals surface area contributed by atoms with Gasteiger partial charge in [-0.25, -0.2) is 8.78 Å². The van der Waals surface area contributed by atoms with Crippen LogP contribution in [-0.4, -0.2) is 49.4 Å². The van der Waals surface area contributed by atoms with E-state index >= 15 is 0 Å². The first-order chi connectivity index (χ1) is 11.5. The number of rotatable bonds is 10. The van der Waals surface area contributed by atoms with Crippen LogP contribution in [0.15, 0.2) is 18.2 Å². The molecule has 0 fully saturated rings. The number of nitrogens with one attached hydrogen (secondary N) is 2. The van der Waals surface area contributed by atoms with Crippen LogP contribution in [0.3, 0.4) is 0 Å². The highest BCUT2D eigenvalue weighted by Gasteiger charge is 2.12. The van der Waals surface area contributed by atoms with Gasteiger partial charge in [-0.15, -0.1) is 0 Å². The summed E-state index contributed by atoms with van der Waals surface area (Å²) in [5.41, 5.74) is -0.208. The second-order valence-corrected chi connectivity index (χ2v) is 5.36. The van der Waals surface area contributed by atoms with E-state index in [1.54, 1.807) is 0 Å². The lowest BCUT2D eigenvalue weighted by molar-refractivity contribution is -0.121. The zero-order valence-electron chi connectivity index (χ0n) is 14.2. The predicted molar refractivity (Wildman–Crippen MR) is 88.7 cm³/mol. The molecule has 1 aromatic rings. The molecule has 1 aromatic carbocycles. The Bertz CT molecular complexity index is 549. The van der Waals surface area contributed by atoms with Gasteiger partial charge in [0, 0.05) is 32.1 Å². The number of hydrogen-bond donors (Lipinski definition) is 2. The van der Waals surface area contributed by atoms with E-state index in [2.05, 4.69) is 29.4 Å². The van der Waals surface area contributed by atoms with Crippen molar-refractivity contribution in [2.24, 2.45) is 0 Å². The lowest BCUT2D eigenvalue weighted by Gasteiger charge is -2.17. The molecule has 0 unspecified atom stereocenters. The summed E-state index contributed by atoms with van der Waals surface area (Å²) in [6, 6.07) is 2.79. The summed E-state index contributed by atoms with van der Waals surface area (Å²) >= 11 is 0. The molecule has 0 spiro atoms. The summed E-state index contributed by atoms with van der Waals surface area (Å²) in [6.07, 6.45) is 0.732. The van der Waals surface area contributed by atoms with Crippen molar-refractivity contribution in [1.29, 1.82) is 0 Å². The minimum absolute atomic E-state index is 0.0793. The number of carbonyl (C=O) groups is 2. The van der Waals surface area contributed by atoms with Gasteiger partial charge in [0.2, 0.25) is 5.91 Å². The standard InChI is InChI=1S/C17H25F2N3O2/c1-3-22(4-2)11-10-20-16(23)6-5-9-21-17(24)14-8-7-13(18)12-15(14)19/h7-8,12H,3-6,9-11H2,1-2H3,(H,20,23)(H,21,24). The van der Waals surface area contributed by atoms with Gasteiger partial charge in [0.1, 0.15) is 11.6 Å². The van der Waals surface area contributed by atoms with Crippen LogP contribution in [0.4, 0.5) is 8.78 Å². The number of likely N-dealkylation sites (N-methyl/N-ethyl adjacent to an activating group) is 1. The summed E-state index contributed by atoms with van der Waals surface area (Å²) < 4.78 is 26.2. The fourth-order valence-electron chi connectivity index (χ4n) is 2.20. The fourth-order valence-corrected chi connectivity index (χ4v) is 2.20. The van der Waals surface area contributed by atoms with Crippen LogP contribution < -0.4 is 10.6 Å². The predicted octanol–water partition coefficient (Wildman–Crippen LogP) is 1.93. The van der Waals surface area contributed by atoms with Crippen LogP contribution in [0, 0.1) is 11.6 Å². The molecular weight excluding hydrogens is 316 g/mol. The molecule has 7 heteroatoms. The summed E-state index contributed by atoms with van der Waals surface area (Å²) in [7, 11) is 0. The highest BCUT2D eigenvalue weighted by molar-refractivity contribution is 5.94. The van der Waals surface area contributed by atoms with E-state index in [-0.39, 0.29) is 24.4 Å². The molecule has 5 nitrogen and oxygen atoms in total. The van der Waals surface area contributed by atoms with E-state index in [9.17, 15) is 18.4 Å². The second-order valence-electron chi connectivity index (χ2n) is 5.36. The minimum Gasteiger partial charge on any atom is -0.355 e. The van der Waals surface area contributed by atoms with Crippen molar-refractivity contribution in [2.45, 2.75) is 26.7 Å². The van der Waals surface area contributed by atoms with E-state index < -0.39 is 17.5 Å². The van der Waals surface area contributed by atoms with Crippen molar-refractivity contribution in [3.8, 4) is 0 Å². The van der Waals surface area contributed by atoms with E-state index in [0.717, 1.165) is 31.8 Å². The van der Waals surface area contributed by atoms with Gasteiger partial charge in [0.15, 0.2) is 0 Å². The van der Waals surface area contributed by atoms with Crippen LogP contribution in [0.5, 0.6) is 0 Å². The first kappa shape index (κ1) is 20.0. The van der Waals surface area contributed by atoms with Gasteiger partial charge in [0.25, 0.3) is 5.91 Å². The molecule has 0 radical (unpaired) electrons. The lowest BCUT2D eigenvalue weighted by atomic mass is 10.2. The number of nitrogens with zero attached hydrogens (tertiary/aromatic N) is 1. The molecule has 0 aliphatic heterocycles. The normalized spacial score (nSPS) is 10.7. The van der Waals surface area contributed by atoms with Gasteiger partial charge in [0.05, 0.1) is 5.56 Å². The minimum atomic E-state index is -0.901. The van der Waals surface area contributed by atoms with Gasteiger partial charge in [-0.2, -0.15) is 0 Å². The first-order valence-corrected chi connectivity index (χ1v) is 8.20. The molecule has 0 aliphatic carbocycles. The molecule has 2 amide bonds. The van der Waals surface area contributed by atoms with Crippen molar-refractivity contribution >= 4 is 11.8 Å². The largest absolute Gasteiger partial charge is 0.355 e. The van der Waals surface area contributed by atoms with E-state index in [4.69, 9.17) is 0 Å². The van der Waals surface area contributed by atoms with Gasteiger partial charge in [-0.05, 0) is 31.6 Å². The van der Waals surface area contributed by atoms with Gasteiger partial charge >= 0.3 is 0 Å². The molecule has 134 valence electrons. The maximum Gasteiger partial charge on any atom is 0.254 e. The average Bonchev–Trinajstić information content (AvgIpc) is 2.55. The Morgan fingerprint density at radius 1 is 1.08 bits per heavy atom. The van der Waals surface area contributed by atoms with Crippen LogP contribution in [0.25, 0.3) is 0 Å². The summed E-state index contributed by atoms with van der Waals surface area (Å²) in [6.45, 7) is 7.67. The fraction of sp³-hybridized carbons (Fsp3) is 0.529. The molecular formula is C17H25F2N3O2. The van der Waals surface area contributed by atoms with Gasteiger partial charge in [-0.3, -0.25) is 9.59 Å².